The Morgan fingerprint density at radius 2 is 1.81 bits per heavy atom. The minimum absolute atomic E-state index is 0.299. The Kier molecular flexibility index (Phi) is 10.9. The Labute approximate surface area is 128 Å². The maximum atomic E-state index is 11.0. The fourth-order valence-corrected chi connectivity index (χ4v) is 1.52. The van der Waals surface area contributed by atoms with Gasteiger partial charge in [0.1, 0.15) is 6.61 Å². The molecule has 1 rings (SSSR count). The van der Waals surface area contributed by atoms with E-state index in [9.17, 15) is 4.79 Å². The Morgan fingerprint density at radius 3 is 2.19 bits per heavy atom. The predicted molar refractivity (Wildman–Crippen MR) is 90.1 cm³/mol. The van der Waals surface area contributed by atoms with Crippen molar-refractivity contribution in [3.05, 3.63) is 54.6 Å². The van der Waals surface area contributed by atoms with Gasteiger partial charge in [-0.25, -0.2) is 4.79 Å². The molecule has 0 aliphatic rings. The minimum atomic E-state index is -0.299. The second-order valence-electron chi connectivity index (χ2n) is 4.56. The summed E-state index contributed by atoms with van der Waals surface area (Å²) in [7, 11) is 0. The lowest BCUT2D eigenvalue weighted by Gasteiger charge is -2.17. The average Bonchev–Trinajstić information content (AvgIpc) is 2.52. The Balaban J connectivity index is 0.000000423. The molecule has 0 aromatic heterocycles. The van der Waals surface area contributed by atoms with Gasteiger partial charge in [0.05, 0.1) is 0 Å². The summed E-state index contributed by atoms with van der Waals surface area (Å²) < 4.78 is 4.96. The number of rotatable bonds is 7. The number of nitrogens with zero attached hydrogens (tertiary/aromatic N) is 1. The summed E-state index contributed by atoms with van der Waals surface area (Å²) in [6, 6.07) is 10.0. The van der Waals surface area contributed by atoms with E-state index in [1.54, 1.807) is 6.92 Å². The first-order valence-corrected chi connectivity index (χ1v) is 7.27. The molecule has 116 valence electrons. The largest absolute Gasteiger partial charge is 0.461 e. The highest BCUT2D eigenvalue weighted by molar-refractivity contribution is 5.86. The summed E-state index contributed by atoms with van der Waals surface area (Å²) in [6.07, 6.45) is 1.83. The van der Waals surface area contributed by atoms with Crippen LogP contribution in [0.3, 0.4) is 0 Å². The van der Waals surface area contributed by atoms with Crippen molar-refractivity contribution in [1.29, 1.82) is 0 Å². The molecule has 0 fully saturated rings. The van der Waals surface area contributed by atoms with Crippen LogP contribution >= 0.6 is 0 Å². The molecule has 0 aliphatic heterocycles. The molecule has 0 heterocycles. The molecule has 3 heteroatoms. The lowest BCUT2D eigenvalue weighted by molar-refractivity contribution is -0.139. The van der Waals surface area contributed by atoms with Crippen molar-refractivity contribution in [2.75, 3.05) is 26.2 Å². The maximum Gasteiger partial charge on any atom is 0.333 e. The van der Waals surface area contributed by atoms with Gasteiger partial charge < -0.3 is 9.64 Å². The van der Waals surface area contributed by atoms with Gasteiger partial charge in [-0.1, -0.05) is 63.4 Å². The third-order valence-electron chi connectivity index (χ3n) is 2.92. The fraction of sp³-hybridized carbons (Fsp3) is 0.389. The number of hydrogen-bond donors (Lipinski definition) is 0. The van der Waals surface area contributed by atoms with Crippen molar-refractivity contribution < 1.29 is 9.53 Å². The highest BCUT2D eigenvalue weighted by Gasteiger charge is 2.04. The van der Waals surface area contributed by atoms with Crippen molar-refractivity contribution in [3.8, 4) is 0 Å². The van der Waals surface area contributed by atoms with Crippen LogP contribution in [0.15, 0.2) is 49.1 Å². The molecule has 0 bridgehead atoms. The highest BCUT2D eigenvalue weighted by atomic mass is 16.5. The molecule has 0 N–H and O–H groups in total. The van der Waals surface area contributed by atoms with Crippen LogP contribution in [0.5, 0.6) is 0 Å². The predicted octanol–water partition coefficient (Wildman–Crippen LogP) is 3.78. The van der Waals surface area contributed by atoms with E-state index >= 15 is 0 Å². The van der Waals surface area contributed by atoms with Gasteiger partial charge in [0.2, 0.25) is 0 Å². The van der Waals surface area contributed by atoms with Crippen LogP contribution in [0.2, 0.25) is 0 Å². The quantitative estimate of drug-likeness (QED) is 0.565. The van der Waals surface area contributed by atoms with Gasteiger partial charge in [0, 0.05) is 12.1 Å². The molecule has 0 atom stereocenters. The zero-order valence-electron chi connectivity index (χ0n) is 13.5. The molecule has 3 nitrogen and oxygen atoms in total. The van der Waals surface area contributed by atoms with Crippen molar-refractivity contribution in [3.63, 3.8) is 0 Å². The number of likely N-dealkylation sites (N-methyl/N-ethyl adjacent to an activating group) is 1. The van der Waals surface area contributed by atoms with Gasteiger partial charge in [-0.2, -0.15) is 0 Å². The smallest absolute Gasteiger partial charge is 0.333 e. The molecular weight excluding hydrogens is 262 g/mol. The minimum Gasteiger partial charge on any atom is -0.461 e. The van der Waals surface area contributed by atoms with Gasteiger partial charge in [-0.05, 0) is 25.6 Å². The maximum absolute atomic E-state index is 11.0. The van der Waals surface area contributed by atoms with Gasteiger partial charge in [0.15, 0.2) is 0 Å². The van der Waals surface area contributed by atoms with Crippen molar-refractivity contribution in [1.82, 2.24) is 4.90 Å². The molecule has 0 saturated heterocycles. The standard InChI is InChI=1S/C10H19NO2.C8H8/c1-5-11(6-2)7-8-13-10(12)9(3)4;1-2-8-6-4-3-5-7-8/h3,5-8H2,1-2,4H3;2-7H,1H2. The molecule has 1 aromatic carbocycles. The van der Waals surface area contributed by atoms with Crippen LogP contribution < -0.4 is 0 Å². The van der Waals surface area contributed by atoms with Crippen LogP contribution in [0.1, 0.15) is 26.3 Å². The van der Waals surface area contributed by atoms with E-state index < -0.39 is 0 Å². The third-order valence-corrected chi connectivity index (χ3v) is 2.92. The fourth-order valence-electron chi connectivity index (χ4n) is 1.52. The SMILES string of the molecule is C=C(C)C(=O)OCCN(CC)CC.C=Cc1ccccc1. The van der Waals surface area contributed by atoms with E-state index in [0.29, 0.717) is 12.2 Å². The number of hydrogen-bond acceptors (Lipinski definition) is 3. The second kappa shape index (κ2) is 11.9. The van der Waals surface area contributed by atoms with Gasteiger partial charge in [-0.15, -0.1) is 0 Å². The Morgan fingerprint density at radius 1 is 1.24 bits per heavy atom. The topological polar surface area (TPSA) is 29.5 Å². The van der Waals surface area contributed by atoms with Crippen LogP contribution in [0.25, 0.3) is 6.08 Å². The van der Waals surface area contributed by atoms with Gasteiger partial charge >= 0.3 is 5.97 Å². The van der Waals surface area contributed by atoms with Crippen LogP contribution in [0, 0.1) is 0 Å². The summed E-state index contributed by atoms with van der Waals surface area (Å²) >= 11 is 0. The summed E-state index contributed by atoms with van der Waals surface area (Å²) in [5.74, 6) is -0.299. The van der Waals surface area contributed by atoms with E-state index in [4.69, 9.17) is 4.74 Å². The van der Waals surface area contributed by atoms with E-state index in [-0.39, 0.29) is 5.97 Å². The van der Waals surface area contributed by atoms with Gasteiger partial charge in [-0.3, -0.25) is 0 Å². The van der Waals surface area contributed by atoms with Crippen LogP contribution in [0.4, 0.5) is 0 Å². The molecule has 0 spiro atoms. The van der Waals surface area contributed by atoms with Crippen molar-refractivity contribution in [2.24, 2.45) is 0 Å². The first kappa shape index (κ1) is 19.1. The molecule has 1 aromatic rings. The summed E-state index contributed by atoms with van der Waals surface area (Å²) in [6.45, 7) is 16.2. The van der Waals surface area contributed by atoms with E-state index in [0.717, 1.165) is 19.6 Å². The highest BCUT2D eigenvalue weighted by Crippen LogP contribution is 1.97. The molecule has 0 radical (unpaired) electrons. The normalized spacial score (nSPS) is 9.52. The molecule has 0 saturated carbocycles. The molecular formula is C18H27NO2. The lowest BCUT2D eigenvalue weighted by Crippen LogP contribution is -2.27. The Hall–Kier alpha value is -1.87. The zero-order valence-corrected chi connectivity index (χ0v) is 13.5. The number of benzene rings is 1. The van der Waals surface area contributed by atoms with E-state index in [1.165, 1.54) is 5.56 Å². The molecule has 0 unspecified atom stereocenters. The number of carbonyl (C=O) groups excluding carboxylic acids is 1. The van der Waals surface area contributed by atoms with Crippen molar-refractivity contribution >= 4 is 12.0 Å². The first-order chi connectivity index (χ1) is 10.0. The monoisotopic (exact) mass is 289 g/mol. The van der Waals surface area contributed by atoms with E-state index in [2.05, 4.69) is 31.9 Å². The molecule has 0 amide bonds. The summed E-state index contributed by atoms with van der Waals surface area (Å²) in [4.78, 5) is 13.2. The third kappa shape index (κ3) is 9.63. The van der Waals surface area contributed by atoms with Crippen LogP contribution in [-0.2, 0) is 9.53 Å². The lowest BCUT2D eigenvalue weighted by atomic mass is 10.2. The Bertz CT molecular complexity index is 422. The summed E-state index contributed by atoms with van der Waals surface area (Å²) in [5, 5.41) is 0. The van der Waals surface area contributed by atoms with E-state index in [1.807, 2.05) is 36.4 Å². The summed E-state index contributed by atoms with van der Waals surface area (Å²) in [5.41, 5.74) is 1.63. The zero-order chi connectivity index (χ0) is 16.1. The number of esters is 1. The number of carbonyl (C=O) groups is 1. The number of ether oxygens (including phenoxy) is 1. The van der Waals surface area contributed by atoms with Crippen molar-refractivity contribution in [2.45, 2.75) is 20.8 Å². The van der Waals surface area contributed by atoms with Gasteiger partial charge in [0.25, 0.3) is 0 Å². The average molecular weight is 289 g/mol. The second-order valence-corrected chi connectivity index (χ2v) is 4.56. The molecule has 21 heavy (non-hydrogen) atoms. The molecule has 0 aliphatic carbocycles. The first-order valence-electron chi connectivity index (χ1n) is 7.27. The van der Waals surface area contributed by atoms with Crippen LogP contribution in [-0.4, -0.2) is 37.1 Å².